The van der Waals surface area contributed by atoms with Gasteiger partial charge in [0.1, 0.15) is 0 Å². The molecule has 0 unspecified atom stereocenters. The molecule has 4 rings (SSSR count). The summed E-state index contributed by atoms with van der Waals surface area (Å²) in [4.78, 5) is 0. The molecule has 128 valence electrons. The van der Waals surface area contributed by atoms with Gasteiger partial charge in [0.05, 0.1) is 0 Å². The maximum Gasteiger partial charge on any atom is 0.0499 e. The van der Waals surface area contributed by atoms with Crippen molar-refractivity contribution in [1.29, 1.82) is 0 Å². The minimum atomic E-state index is 0.200. The van der Waals surface area contributed by atoms with Gasteiger partial charge >= 0.3 is 0 Å². The van der Waals surface area contributed by atoms with Crippen LogP contribution in [0.2, 0.25) is 0 Å². The zero-order valence-electron chi connectivity index (χ0n) is 15.3. The van der Waals surface area contributed by atoms with Crippen LogP contribution in [0, 0.1) is 13.8 Å². The van der Waals surface area contributed by atoms with E-state index in [1.54, 1.807) is 0 Å². The molecule has 0 radical (unpaired) electrons. The Labute approximate surface area is 155 Å². The first-order valence-corrected chi connectivity index (χ1v) is 9.09. The maximum absolute atomic E-state index is 2.36. The summed E-state index contributed by atoms with van der Waals surface area (Å²) in [6.45, 7) is 4.44. The Bertz CT molecular complexity index is 943. The number of para-hydroxylation sites is 1. The molecule has 0 saturated heterocycles. The highest BCUT2D eigenvalue weighted by Crippen LogP contribution is 2.36. The first-order chi connectivity index (χ1) is 12.8. The molecule has 1 heteroatoms. The first-order valence-electron chi connectivity index (χ1n) is 9.09. The molecule has 3 aromatic carbocycles. The molecule has 26 heavy (non-hydrogen) atoms. The molecule has 1 nitrogen and oxygen atoms in total. The summed E-state index contributed by atoms with van der Waals surface area (Å²) in [5, 5.41) is 0. The standard InChI is InChI=1S/C25H23N/c1-19-18-26(23-16-10-5-11-17-23)25(20(19)2)24(21-12-6-3-7-13-21)22-14-8-4-9-15-22/h3-18,24H,1-2H3. The molecule has 1 heterocycles. The second kappa shape index (κ2) is 7.05. The van der Waals surface area contributed by atoms with Gasteiger partial charge in [0.15, 0.2) is 0 Å². The number of hydrogen-bond donors (Lipinski definition) is 0. The van der Waals surface area contributed by atoms with Crippen molar-refractivity contribution in [1.82, 2.24) is 4.57 Å². The van der Waals surface area contributed by atoms with Gasteiger partial charge in [-0.3, -0.25) is 0 Å². The monoisotopic (exact) mass is 337 g/mol. The average Bonchev–Trinajstić information content (AvgIpc) is 3.00. The van der Waals surface area contributed by atoms with E-state index < -0.39 is 0 Å². The smallest absolute Gasteiger partial charge is 0.0499 e. The van der Waals surface area contributed by atoms with Gasteiger partial charge in [-0.1, -0.05) is 78.9 Å². The van der Waals surface area contributed by atoms with Crippen molar-refractivity contribution in [3.63, 3.8) is 0 Å². The summed E-state index contributed by atoms with van der Waals surface area (Å²) in [7, 11) is 0. The number of rotatable bonds is 4. The summed E-state index contributed by atoms with van der Waals surface area (Å²) in [5.41, 5.74) is 7.85. The molecule has 0 N–H and O–H groups in total. The van der Waals surface area contributed by atoms with Crippen LogP contribution >= 0.6 is 0 Å². The van der Waals surface area contributed by atoms with E-state index in [1.165, 1.54) is 33.6 Å². The second-order valence-electron chi connectivity index (χ2n) is 6.78. The van der Waals surface area contributed by atoms with Gasteiger partial charge in [0.2, 0.25) is 0 Å². The molecule has 0 aliphatic carbocycles. The van der Waals surface area contributed by atoms with Crippen molar-refractivity contribution in [2.75, 3.05) is 0 Å². The molecular weight excluding hydrogens is 314 g/mol. The van der Waals surface area contributed by atoms with Gasteiger partial charge in [-0.25, -0.2) is 0 Å². The third-order valence-corrected chi connectivity index (χ3v) is 5.13. The fraction of sp³-hybridized carbons (Fsp3) is 0.120. The molecular formula is C25H23N. The van der Waals surface area contributed by atoms with Crippen molar-refractivity contribution in [3.8, 4) is 5.69 Å². The predicted octanol–water partition coefficient (Wildman–Crippen LogP) is 6.27. The molecule has 0 saturated carbocycles. The Morgan fingerprint density at radius 2 is 1.08 bits per heavy atom. The molecule has 0 spiro atoms. The summed E-state index contributed by atoms with van der Waals surface area (Å²) in [6.07, 6.45) is 2.26. The fourth-order valence-electron chi connectivity index (χ4n) is 3.70. The van der Waals surface area contributed by atoms with Gasteiger partial charge in [0, 0.05) is 23.5 Å². The van der Waals surface area contributed by atoms with Crippen LogP contribution in [0.5, 0.6) is 0 Å². The number of aryl methyl sites for hydroxylation is 1. The lowest BCUT2D eigenvalue weighted by molar-refractivity contribution is 0.854. The molecule has 0 aliphatic heterocycles. The van der Waals surface area contributed by atoms with Crippen LogP contribution in [0.15, 0.2) is 97.2 Å². The van der Waals surface area contributed by atoms with E-state index in [-0.39, 0.29) is 5.92 Å². The molecule has 0 fully saturated rings. The normalized spacial score (nSPS) is 11.0. The Kier molecular flexibility index (Phi) is 4.45. The van der Waals surface area contributed by atoms with E-state index in [0.29, 0.717) is 0 Å². The van der Waals surface area contributed by atoms with Gasteiger partial charge < -0.3 is 4.57 Å². The van der Waals surface area contributed by atoms with Crippen LogP contribution in [-0.4, -0.2) is 4.57 Å². The molecule has 0 atom stereocenters. The highest BCUT2D eigenvalue weighted by molar-refractivity contribution is 5.50. The third-order valence-electron chi connectivity index (χ3n) is 5.13. The largest absolute Gasteiger partial charge is 0.319 e. The minimum Gasteiger partial charge on any atom is -0.319 e. The van der Waals surface area contributed by atoms with Crippen LogP contribution in [-0.2, 0) is 0 Å². The highest BCUT2D eigenvalue weighted by atomic mass is 15.0. The fourth-order valence-corrected chi connectivity index (χ4v) is 3.70. The number of nitrogens with zero attached hydrogens (tertiary/aromatic N) is 1. The third kappa shape index (κ3) is 2.97. The van der Waals surface area contributed by atoms with Crippen LogP contribution in [0.1, 0.15) is 33.9 Å². The molecule has 0 bridgehead atoms. The van der Waals surface area contributed by atoms with Crippen molar-refractivity contribution in [2.45, 2.75) is 19.8 Å². The second-order valence-corrected chi connectivity index (χ2v) is 6.78. The summed E-state index contributed by atoms with van der Waals surface area (Å²) >= 11 is 0. The van der Waals surface area contributed by atoms with Crippen LogP contribution < -0.4 is 0 Å². The number of benzene rings is 3. The summed E-state index contributed by atoms with van der Waals surface area (Å²) in [5.74, 6) is 0.200. The summed E-state index contributed by atoms with van der Waals surface area (Å²) < 4.78 is 2.36. The lowest BCUT2D eigenvalue weighted by Gasteiger charge is -2.22. The van der Waals surface area contributed by atoms with E-state index in [9.17, 15) is 0 Å². The first kappa shape index (κ1) is 16.4. The zero-order valence-corrected chi connectivity index (χ0v) is 15.3. The molecule has 0 aliphatic rings. The predicted molar refractivity (Wildman–Crippen MR) is 109 cm³/mol. The van der Waals surface area contributed by atoms with E-state index in [0.717, 1.165) is 0 Å². The SMILES string of the molecule is Cc1cn(-c2ccccc2)c(C(c2ccccc2)c2ccccc2)c1C. The van der Waals surface area contributed by atoms with Gasteiger partial charge in [0.25, 0.3) is 0 Å². The molecule has 1 aromatic heterocycles. The average molecular weight is 337 g/mol. The maximum atomic E-state index is 2.36. The number of aromatic nitrogens is 1. The zero-order chi connectivity index (χ0) is 17.9. The van der Waals surface area contributed by atoms with Gasteiger partial charge in [-0.05, 0) is 48.2 Å². The molecule has 0 amide bonds. The van der Waals surface area contributed by atoms with Crippen LogP contribution in [0.25, 0.3) is 5.69 Å². The Morgan fingerprint density at radius 1 is 0.615 bits per heavy atom. The Hall–Kier alpha value is -3.06. The van der Waals surface area contributed by atoms with Crippen LogP contribution in [0.3, 0.4) is 0 Å². The van der Waals surface area contributed by atoms with Crippen molar-refractivity contribution < 1.29 is 0 Å². The van der Waals surface area contributed by atoms with E-state index in [1.807, 2.05) is 0 Å². The Balaban J connectivity index is 1.98. The topological polar surface area (TPSA) is 4.93 Å². The quantitative estimate of drug-likeness (QED) is 0.413. The van der Waals surface area contributed by atoms with E-state index in [4.69, 9.17) is 0 Å². The van der Waals surface area contributed by atoms with Gasteiger partial charge in [-0.2, -0.15) is 0 Å². The van der Waals surface area contributed by atoms with Gasteiger partial charge in [-0.15, -0.1) is 0 Å². The van der Waals surface area contributed by atoms with Crippen LogP contribution in [0.4, 0.5) is 0 Å². The van der Waals surface area contributed by atoms with Crippen molar-refractivity contribution in [3.05, 3.63) is 125 Å². The lowest BCUT2D eigenvalue weighted by Crippen LogP contribution is -2.10. The lowest BCUT2D eigenvalue weighted by atomic mass is 9.86. The Morgan fingerprint density at radius 3 is 1.58 bits per heavy atom. The van der Waals surface area contributed by atoms with E-state index >= 15 is 0 Å². The molecule has 4 aromatic rings. The highest BCUT2D eigenvalue weighted by Gasteiger charge is 2.24. The minimum absolute atomic E-state index is 0.200. The van der Waals surface area contributed by atoms with Crippen molar-refractivity contribution >= 4 is 0 Å². The van der Waals surface area contributed by atoms with E-state index in [2.05, 4.69) is 116 Å². The van der Waals surface area contributed by atoms with Crippen molar-refractivity contribution in [2.24, 2.45) is 0 Å². The summed E-state index contributed by atoms with van der Waals surface area (Å²) in [6, 6.07) is 32.2. The number of hydrogen-bond acceptors (Lipinski definition) is 0.